The second-order valence-electron chi connectivity index (χ2n) is 5.12. The van der Waals surface area contributed by atoms with E-state index in [2.05, 4.69) is 42.1 Å². The highest BCUT2D eigenvalue weighted by Crippen LogP contribution is 2.32. The summed E-state index contributed by atoms with van der Waals surface area (Å²) in [6.07, 6.45) is 9.61. The highest BCUT2D eigenvalue weighted by atomic mass is 31.1. The van der Waals surface area contributed by atoms with Crippen molar-refractivity contribution in [2.24, 2.45) is 0 Å². The van der Waals surface area contributed by atoms with Gasteiger partial charge in [-0.1, -0.05) is 36.8 Å². The Morgan fingerprint density at radius 2 is 1.94 bits per heavy atom. The first-order valence-electron chi connectivity index (χ1n) is 6.86. The SMILES string of the molecule is CP(CCCCc1ccccc1)NC1CCC1. The fourth-order valence-electron chi connectivity index (χ4n) is 2.24. The lowest BCUT2D eigenvalue weighted by Gasteiger charge is -2.30. The Morgan fingerprint density at radius 3 is 2.59 bits per heavy atom. The number of benzene rings is 1. The van der Waals surface area contributed by atoms with Gasteiger partial charge >= 0.3 is 0 Å². The lowest BCUT2D eigenvalue weighted by atomic mass is 9.94. The van der Waals surface area contributed by atoms with E-state index in [9.17, 15) is 0 Å². The molecule has 0 aliphatic heterocycles. The van der Waals surface area contributed by atoms with Crippen molar-refractivity contribution < 1.29 is 0 Å². The van der Waals surface area contributed by atoms with E-state index in [-0.39, 0.29) is 8.07 Å². The minimum atomic E-state index is 0.0949. The summed E-state index contributed by atoms with van der Waals surface area (Å²) in [6, 6.07) is 11.7. The molecule has 1 aliphatic rings. The first-order valence-corrected chi connectivity index (χ1v) is 8.83. The van der Waals surface area contributed by atoms with Crippen molar-refractivity contribution in [3.8, 4) is 0 Å². The van der Waals surface area contributed by atoms with E-state index in [0.29, 0.717) is 0 Å². The van der Waals surface area contributed by atoms with Crippen LogP contribution in [0.15, 0.2) is 30.3 Å². The van der Waals surface area contributed by atoms with E-state index < -0.39 is 0 Å². The number of unbranched alkanes of at least 4 members (excludes halogenated alkanes) is 1. The van der Waals surface area contributed by atoms with E-state index in [4.69, 9.17) is 0 Å². The van der Waals surface area contributed by atoms with E-state index in [1.807, 2.05) is 0 Å². The molecule has 0 spiro atoms. The molecule has 1 atom stereocenters. The average Bonchev–Trinajstić information content (AvgIpc) is 2.31. The minimum absolute atomic E-state index is 0.0949. The van der Waals surface area contributed by atoms with Crippen molar-refractivity contribution in [1.29, 1.82) is 0 Å². The normalized spacial score (nSPS) is 17.7. The largest absolute Gasteiger partial charge is 0.293 e. The molecule has 0 aromatic heterocycles. The molecule has 1 aromatic rings. The van der Waals surface area contributed by atoms with Crippen LogP contribution in [0.25, 0.3) is 0 Å². The molecule has 0 saturated heterocycles. The quantitative estimate of drug-likeness (QED) is 0.564. The number of hydrogen-bond donors (Lipinski definition) is 1. The Kier molecular flexibility index (Phi) is 5.48. The third kappa shape index (κ3) is 4.77. The highest BCUT2D eigenvalue weighted by molar-refractivity contribution is 7.54. The summed E-state index contributed by atoms with van der Waals surface area (Å²) < 4.78 is 0. The molecule has 0 radical (unpaired) electrons. The van der Waals surface area contributed by atoms with E-state index >= 15 is 0 Å². The predicted octanol–water partition coefficient (Wildman–Crippen LogP) is 4.18. The van der Waals surface area contributed by atoms with Gasteiger partial charge in [-0.3, -0.25) is 5.09 Å². The molecule has 1 fully saturated rings. The zero-order valence-electron chi connectivity index (χ0n) is 10.9. The molecule has 0 bridgehead atoms. The van der Waals surface area contributed by atoms with Crippen molar-refractivity contribution in [3.05, 3.63) is 35.9 Å². The van der Waals surface area contributed by atoms with Crippen molar-refractivity contribution in [1.82, 2.24) is 5.09 Å². The first-order chi connectivity index (χ1) is 8.34. The van der Waals surface area contributed by atoms with E-state index in [0.717, 1.165) is 6.04 Å². The third-order valence-electron chi connectivity index (χ3n) is 3.56. The maximum absolute atomic E-state index is 3.78. The molecule has 2 rings (SSSR count). The molecule has 0 amide bonds. The maximum Gasteiger partial charge on any atom is 0.0103 e. The number of nitrogens with one attached hydrogen (secondary N) is 1. The van der Waals surface area contributed by atoms with Gasteiger partial charge < -0.3 is 0 Å². The van der Waals surface area contributed by atoms with Gasteiger partial charge in [0.1, 0.15) is 0 Å². The molecular formula is C15H24NP. The van der Waals surface area contributed by atoms with Gasteiger partial charge in [0.15, 0.2) is 0 Å². The van der Waals surface area contributed by atoms with Crippen LogP contribution in [0.4, 0.5) is 0 Å². The van der Waals surface area contributed by atoms with Gasteiger partial charge in [0.05, 0.1) is 0 Å². The summed E-state index contributed by atoms with van der Waals surface area (Å²) in [7, 11) is 0.0949. The molecule has 2 heteroatoms. The molecule has 1 unspecified atom stereocenters. The molecular weight excluding hydrogens is 225 g/mol. The maximum atomic E-state index is 3.78. The van der Waals surface area contributed by atoms with Crippen molar-refractivity contribution in [3.63, 3.8) is 0 Å². The van der Waals surface area contributed by atoms with Crippen LogP contribution in [-0.2, 0) is 6.42 Å². The highest BCUT2D eigenvalue weighted by Gasteiger charge is 2.18. The zero-order valence-corrected chi connectivity index (χ0v) is 11.8. The van der Waals surface area contributed by atoms with Crippen LogP contribution in [0.5, 0.6) is 0 Å². The smallest absolute Gasteiger partial charge is 0.0103 e. The Balaban J connectivity index is 1.53. The van der Waals surface area contributed by atoms with Crippen molar-refractivity contribution >= 4 is 8.07 Å². The van der Waals surface area contributed by atoms with Crippen LogP contribution in [0.2, 0.25) is 0 Å². The summed E-state index contributed by atoms with van der Waals surface area (Å²) in [4.78, 5) is 0. The zero-order chi connectivity index (χ0) is 11.9. The third-order valence-corrected chi connectivity index (χ3v) is 5.35. The minimum Gasteiger partial charge on any atom is -0.293 e. The number of rotatable bonds is 7. The summed E-state index contributed by atoms with van der Waals surface area (Å²) >= 11 is 0. The molecule has 1 aliphatic carbocycles. The number of aryl methyl sites for hydroxylation is 1. The van der Waals surface area contributed by atoms with Gasteiger partial charge in [0.25, 0.3) is 0 Å². The second kappa shape index (κ2) is 7.13. The molecule has 1 N–H and O–H groups in total. The molecule has 94 valence electrons. The van der Waals surface area contributed by atoms with Crippen LogP contribution < -0.4 is 5.09 Å². The van der Waals surface area contributed by atoms with Gasteiger partial charge in [-0.2, -0.15) is 0 Å². The summed E-state index contributed by atoms with van der Waals surface area (Å²) in [5, 5.41) is 3.78. The van der Waals surface area contributed by atoms with Crippen LogP contribution >= 0.6 is 8.07 Å². The van der Waals surface area contributed by atoms with Gasteiger partial charge in [0, 0.05) is 6.04 Å². The van der Waals surface area contributed by atoms with Gasteiger partial charge in [0.2, 0.25) is 0 Å². The van der Waals surface area contributed by atoms with E-state index in [1.54, 1.807) is 0 Å². The fourth-order valence-corrected chi connectivity index (χ4v) is 3.94. The topological polar surface area (TPSA) is 12.0 Å². The van der Waals surface area contributed by atoms with Crippen LogP contribution in [0.3, 0.4) is 0 Å². The first kappa shape index (κ1) is 13.1. The van der Waals surface area contributed by atoms with Crippen molar-refractivity contribution in [2.75, 3.05) is 12.8 Å². The van der Waals surface area contributed by atoms with Gasteiger partial charge in [-0.05, 0) is 58.6 Å². The molecule has 1 nitrogen and oxygen atoms in total. The summed E-state index contributed by atoms with van der Waals surface area (Å²) in [5.74, 6) is 0. The predicted molar refractivity (Wildman–Crippen MR) is 77.9 cm³/mol. The standard InChI is InChI=1S/C15H24NP/c1-17(16-15-11-7-12-15)13-6-5-10-14-8-3-2-4-9-14/h2-4,8-9,15-16H,5-7,10-13H2,1H3. The average molecular weight is 249 g/mol. The lowest BCUT2D eigenvalue weighted by Crippen LogP contribution is -2.31. The molecule has 17 heavy (non-hydrogen) atoms. The van der Waals surface area contributed by atoms with Crippen molar-refractivity contribution in [2.45, 2.75) is 44.6 Å². The summed E-state index contributed by atoms with van der Waals surface area (Å²) in [6.45, 7) is 2.40. The lowest BCUT2D eigenvalue weighted by molar-refractivity contribution is 0.392. The molecule has 0 heterocycles. The number of hydrogen-bond acceptors (Lipinski definition) is 1. The molecule has 1 saturated carbocycles. The fraction of sp³-hybridized carbons (Fsp3) is 0.600. The Hall–Kier alpha value is -0.390. The monoisotopic (exact) mass is 249 g/mol. The van der Waals surface area contributed by atoms with Crippen LogP contribution in [-0.4, -0.2) is 18.9 Å². The second-order valence-corrected chi connectivity index (χ2v) is 7.22. The summed E-state index contributed by atoms with van der Waals surface area (Å²) in [5.41, 5.74) is 1.49. The Labute approximate surface area is 107 Å². The van der Waals surface area contributed by atoms with Crippen LogP contribution in [0.1, 0.15) is 37.7 Å². The van der Waals surface area contributed by atoms with Gasteiger partial charge in [-0.25, -0.2) is 0 Å². The molecule has 1 aromatic carbocycles. The van der Waals surface area contributed by atoms with Gasteiger partial charge in [-0.15, -0.1) is 0 Å². The Morgan fingerprint density at radius 1 is 1.18 bits per heavy atom. The van der Waals surface area contributed by atoms with E-state index in [1.165, 1.54) is 50.3 Å². The Bertz CT molecular complexity index is 308. The van der Waals surface area contributed by atoms with Crippen LogP contribution in [0, 0.1) is 0 Å².